The van der Waals surface area contributed by atoms with Gasteiger partial charge in [-0.1, -0.05) is 0 Å². The first-order valence-electron chi connectivity index (χ1n) is 2.36. The summed E-state index contributed by atoms with van der Waals surface area (Å²) in [6, 6.07) is 0. The van der Waals surface area contributed by atoms with Crippen molar-refractivity contribution in [1.29, 1.82) is 5.41 Å². The van der Waals surface area contributed by atoms with E-state index in [2.05, 4.69) is 0 Å². The van der Waals surface area contributed by atoms with Crippen molar-refractivity contribution in [3.63, 3.8) is 0 Å². The van der Waals surface area contributed by atoms with E-state index in [0.29, 0.717) is 0 Å². The van der Waals surface area contributed by atoms with Gasteiger partial charge in [-0.3, -0.25) is 4.79 Å². The maximum Gasteiger partial charge on any atom is 0.251 e. The van der Waals surface area contributed by atoms with Crippen molar-refractivity contribution in [2.75, 3.05) is 0 Å². The van der Waals surface area contributed by atoms with E-state index in [0.717, 1.165) is 6.21 Å². The molecule has 0 spiro atoms. The molecule has 1 amide bonds. The summed E-state index contributed by atoms with van der Waals surface area (Å²) in [7, 11) is 0. The second-order valence-corrected chi connectivity index (χ2v) is 1.61. The molecule has 0 aliphatic rings. The zero-order valence-electron chi connectivity index (χ0n) is 5.14. The molecule has 0 aromatic carbocycles. The van der Waals surface area contributed by atoms with Gasteiger partial charge in [0.15, 0.2) is 0 Å². The van der Waals surface area contributed by atoms with Crippen LogP contribution in [0.1, 0.15) is 6.92 Å². The molecule has 50 valence electrons. The molecule has 4 heteroatoms. The van der Waals surface area contributed by atoms with Crippen molar-refractivity contribution in [2.24, 2.45) is 11.5 Å². The van der Waals surface area contributed by atoms with Gasteiger partial charge in [-0.15, -0.1) is 0 Å². The largest absolute Gasteiger partial charge is 0.402 e. The number of amides is 1. The molecule has 0 saturated carbocycles. The summed E-state index contributed by atoms with van der Waals surface area (Å²) in [6.07, 6.45) is 0.845. The lowest BCUT2D eigenvalue weighted by Crippen LogP contribution is -2.18. The number of rotatable bonds is 2. The molecule has 0 fully saturated rings. The molecule has 0 saturated heterocycles. The summed E-state index contributed by atoms with van der Waals surface area (Å²) in [5.74, 6) is -0.662. The van der Waals surface area contributed by atoms with E-state index in [9.17, 15) is 4.79 Å². The number of carbonyl (C=O) groups excluding carboxylic acids is 1. The summed E-state index contributed by atoms with van der Waals surface area (Å²) in [5.41, 5.74) is 10.3. The topological polar surface area (TPSA) is 93.0 Å². The maximum absolute atomic E-state index is 10.3. The highest BCUT2D eigenvalue weighted by Crippen LogP contribution is 1.91. The van der Waals surface area contributed by atoms with Crippen molar-refractivity contribution >= 4 is 12.1 Å². The van der Waals surface area contributed by atoms with E-state index in [-0.39, 0.29) is 11.3 Å². The van der Waals surface area contributed by atoms with Gasteiger partial charge >= 0.3 is 0 Å². The molecule has 0 heterocycles. The third kappa shape index (κ3) is 1.94. The van der Waals surface area contributed by atoms with Gasteiger partial charge in [0.2, 0.25) is 0 Å². The molecule has 0 aromatic heterocycles. The average molecular weight is 127 g/mol. The summed E-state index contributed by atoms with van der Waals surface area (Å²) in [5, 5.41) is 6.66. The first kappa shape index (κ1) is 7.68. The molecular weight excluding hydrogens is 118 g/mol. The summed E-state index contributed by atoms with van der Waals surface area (Å²) in [4.78, 5) is 10.3. The maximum atomic E-state index is 10.3. The molecule has 0 unspecified atom stereocenters. The SMILES string of the molecule is CC(N)=C(C=N)C(N)=O. The Bertz CT molecular complexity index is 167. The number of hydrogen-bond acceptors (Lipinski definition) is 3. The Morgan fingerprint density at radius 3 is 2.00 bits per heavy atom. The van der Waals surface area contributed by atoms with Crippen LogP contribution in [0.5, 0.6) is 0 Å². The highest BCUT2D eigenvalue weighted by molar-refractivity contribution is 6.11. The summed E-state index contributed by atoms with van der Waals surface area (Å²) >= 11 is 0. The molecular formula is C5H9N3O. The van der Waals surface area contributed by atoms with Crippen molar-refractivity contribution in [3.05, 3.63) is 11.3 Å². The van der Waals surface area contributed by atoms with Crippen molar-refractivity contribution < 1.29 is 4.79 Å². The Balaban J connectivity index is 4.55. The zero-order chi connectivity index (χ0) is 7.44. The molecule has 0 rings (SSSR count). The van der Waals surface area contributed by atoms with Crippen LogP contribution in [0, 0.1) is 5.41 Å². The van der Waals surface area contributed by atoms with Crippen LogP contribution < -0.4 is 11.5 Å². The number of nitrogens with one attached hydrogen (secondary N) is 1. The highest BCUT2D eigenvalue weighted by atomic mass is 16.1. The first-order chi connectivity index (χ1) is 4.09. The Labute approximate surface area is 53.0 Å². The van der Waals surface area contributed by atoms with Crippen LogP contribution in [-0.4, -0.2) is 12.1 Å². The van der Waals surface area contributed by atoms with E-state index in [4.69, 9.17) is 16.9 Å². The van der Waals surface area contributed by atoms with Gasteiger partial charge in [-0.05, 0) is 6.92 Å². The minimum absolute atomic E-state index is 0.0648. The van der Waals surface area contributed by atoms with Gasteiger partial charge < -0.3 is 16.9 Å². The predicted octanol–water partition coefficient (Wildman–Crippen LogP) is -0.646. The molecule has 4 nitrogen and oxygen atoms in total. The fraction of sp³-hybridized carbons (Fsp3) is 0.200. The Morgan fingerprint density at radius 1 is 1.56 bits per heavy atom. The molecule has 5 N–H and O–H groups in total. The summed E-state index contributed by atoms with van der Waals surface area (Å²) in [6.45, 7) is 1.52. The number of carbonyl (C=O) groups is 1. The van der Waals surface area contributed by atoms with Gasteiger partial charge in [0.1, 0.15) is 0 Å². The van der Waals surface area contributed by atoms with Crippen LogP contribution in [0.25, 0.3) is 0 Å². The van der Waals surface area contributed by atoms with E-state index >= 15 is 0 Å². The summed E-state index contributed by atoms with van der Waals surface area (Å²) < 4.78 is 0. The van der Waals surface area contributed by atoms with E-state index < -0.39 is 5.91 Å². The number of nitrogens with two attached hydrogens (primary N) is 2. The first-order valence-corrected chi connectivity index (χ1v) is 2.36. The van der Waals surface area contributed by atoms with Crippen molar-refractivity contribution in [3.8, 4) is 0 Å². The van der Waals surface area contributed by atoms with Gasteiger partial charge in [0, 0.05) is 11.9 Å². The van der Waals surface area contributed by atoms with Crippen LogP contribution in [0.4, 0.5) is 0 Å². The fourth-order valence-corrected chi connectivity index (χ4v) is 0.379. The second kappa shape index (κ2) is 2.86. The number of hydrogen-bond donors (Lipinski definition) is 3. The van der Waals surface area contributed by atoms with Crippen molar-refractivity contribution in [1.82, 2.24) is 0 Å². The predicted molar refractivity (Wildman–Crippen MR) is 34.9 cm³/mol. The van der Waals surface area contributed by atoms with E-state index in [1.807, 2.05) is 0 Å². The minimum Gasteiger partial charge on any atom is -0.402 e. The lowest BCUT2D eigenvalue weighted by Gasteiger charge is -1.94. The Hall–Kier alpha value is -1.32. The normalized spacial score (nSPS) is 12.1. The third-order valence-corrected chi connectivity index (χ3v) is 0.835. The molecule has 0 aliphatic carbocycles. The number of primary amides is 1. The smallest absolute Gasteiger partial charge is 0.251 e. The van der Waals surface area contributed by atoms with Crippen LogP contribution in [-0.2, 0) is 4.79 Å². The molecule has 0 radical (unpaired) electrons. The molecule has 0 bridgehead atoms. The van der Waals surface area contributed by atoms with Crippen LogP contribution in [0.2, 0.25) is 0 Å². The monoisotopic (exact) mass is 127 g/mol. The van der Waals surface area contributed by atoms with Crippen LogP contribution in [0.15, 0.2) is 11.3 Å². The quantitative estimate of drug-likeness (QED) is 0.340. The highest BCUT2D eigenvalue weighted by Gasteiger charge is 2.01. The Morgan fingerprint density at radius 2 is 2.00 bits per heavy atom. The minimum atomic E-state index is -0.662. The average Bonchev–Trinajstić information content (AvgIpc) is 1.64. The van der Waals surface area contributed by atoms with Gasteiger partial charge in [0.25, 0.3) is 5.91 Å². The van der Waals surface area contributed by atoms with Gasteiger partial charge in [-0.25, -0.2) is 0 Å². The molecule has 9 heavy (non-hydrogen) atoms. The van der Waals surface area contributed by atoms with E-state index in [1.165, 1.54) is 6.92 Å². The number of allylic oxidation sites excluding steroid dienone is 1. The standard InChI is InChI=1S/C5H9N3O/c1-3(7)4(2-6)5(8)9/h2,6H,7H2,1H3,(H2,8,9). The van der Waals surface area contributed by atoms with E-state index in [1.54, 1.807) is 0 Å². The van der Waals surface area contributed by atoms with Gasteiger partial charge in [0.05, 0.1) is 5.57 Å². The lowest BCUT2D eigenvalue weighted by atomic mass is 10.2. The second-order valence-electron chi connectivity index (χ2n) is 1.61. The fourth-order valence-electron chi connectivity index (χ4n) is 0.379. The molecule has 0 aromatic rings. The Kier molecular flexibility index (Phi) is 2.44. The lowest BCUT2D eigenvalue weighted by molar-refractivity contribution is -0.114. The molecule has 0 aliphatic heterocycles. The van der Waals surface area contributed by atoms with Crippen molar-refractivity contribution in [2.45, 2.75) is 6.92 Å². The zero-order valence-corrected chi connectivity index (χ0v) is 5.14. The van der Waals surface area contributed by atoms with Gasteiger partial charge in [-0.2, -0.15) is 0 Å². The molecule has 0 atom stereocenters. The van der Waals surface area contributed by atoms with Crippen LogP contribution in [0.3, 0.4) is 0 Å². The van der Waals surface area contributed by atoms with Crippen LogP contribution >= 0.6 is 0 Å². The third-order valence-electron chi connectivity index (χ3n) is 0.835.